The molecule has 1 aliphatic rings. The van der Waals surface area contributed by atoms with Crippen LogP contribution in [0.2, 0.25) is 0 Å². The van der Waals surface area contributed by atoms with Gasteiger partial charge < -0.3 is 24.8 Å². The molecule has 0 radical (unpaired) electrons. The van der Waals surface area contributed by atoms with Crippen LogP contribution in [0.15, 0.2) is 42.5 Å². The third kappa shape index (κ3) is 4.05. The maximum atomic E-state index is 12.4. The lowest BCUT2D eigenvalue weighted by molar-refractivity contribution is 0.0925. The minimum absolute atomic E-state index is 0.114. The molecule has 1 aliphatic heterocycles. The van der Waals surface area contributed by atoms with Gasteiger partial charge in [-0.2, -0.15) is 0 Å². The van der Waals surface area contributed by atoms with Crippen molar-refractivity contribution < 1.29 is 23.8 Å². The number of carbonyl (C=O) groups excluding carboxylic acids is 2. The van der Waals surface area contributed by atoms with Crippen LogP contribution in [0.3, 0.4) is 0 Å². The van der Waals surface area contributed by atoms with E-state index in [2.05, 4.69) is 0 Å². The molecule has 2 N–H and O–H groups in total. The number of rotatable bonds is 6. The van der Waals surface area contributed by atoms with Gasteiger partial charge in [-0.15, -0.1) is 0 Å². The van der Waals surface area contributed by atoms with Crippen molar-refractivity contribution >= 4 is 17.6 Å². The van der Waals surface area contributed by atoms with E-state index in [-0.39, 0.29) is 32.1 Å². The fourth-order valence-electron chi connectivity index (χ4n) is 2.52. The molecule has 7 nitrogen and oxygen atoms in total. The Balaban J connectivity index is 1.51. The van der Waals surface area contributed by atoms with E-state index < -0.39 is 6.09 Å². The number of fused-ring (bicyclic) bond motifs is 1. The number of benzene rings is 2. The number of ether oxygens (including phenoxy) is 3. The lowest BCUT2D eigenvalue weighted by Gasteiger charge is -2.17. The highest BCUT2D eigenvalue weighted by atomic mass is 16.7. The number of Topliss-reactive ketones (excluding diaryl/α,β-unsaturated/α-hetero) is 1. The van der Waals surface area contributed by atoms with E-state index in [1.54, 1.807) is 19.2 Å². The number of nitrogens with two attached hydrogens (primary N) is 1. The second-order valence-corrected chi connectivity index (χ2v) is 5.93. The highest BCUT2D eigenvalue weighted by molar-refractivity contribution is 6.01. The molecule has 0 aliphatic carbocycles. The topological polar surface area (TPSA) is 91.1 Å². The van der Waals surface area contributed by atoms with Crippen LogP contribution in [0.1, 0.15) is 22.3 Å². The van der Waals surface area contributed by atoms with Gasteiger partial charge in [0.2, 0.25) is 6.79 Å². The van der Waals surface area contributed by atoms with E-state index in [1.807, 2.05) is 30.3 Å². The van der Waals surface area contributed by atoms with Crippen molar-refractivity contribution in [3.05, 3.63) is 53.6 Å². The molecule has 3 rings (SSSR count). The van der Waals surface area contributed by atoms with Gasteiger partial charge in [0.25, 0.3) is 0 Å². The molecule has 2 aromatic rings. The third-order valence-corrected chi connectivity index (χ3v) is 4.04. The molecule has 7 heteroatoms. The highest BCUT2D eigenvalue weighted by Gasteiger charge is 2.20. The standard InChI is InChI=1S/C19H20N2O5/c1-21(19(23)24-11-13-5-3-2-4-6-13)8-7-16(22)14-9-17-18(10-15(14)20)26-12-25-17/h2-6,9-10H,7-8,11-12,20H2,1H3. The zero-order valence-corrected chi connectivity index (χ0v) is 14.4. The first-order valence-corrected chi connectivity index (χ1v) is 8.18. The summed E-state index contributed by atoms with van der Waals surface area (Å²) in [6.45, 7) is 0.524. The predicted molar refractivity (Wildman–Crippen MR) is 95.2 cm³/mol. The molecule has 1 heterocycles. The van der Waals surface area contributed by atoms with E-state index in [9.17, 15) is 9.59 Å². The van der Waals surface area contributed by atoms with Gasteiger partial charge in [-0.25, -0.2) is 4.79 Å². The number of hydrogen-bond donors (Lipinski definition) is 1. The van der Waals surface area contributed by atoms with Gasteiger partial charge in [0.05, 0.1) is 0 Å². The van der Waals surface area contributed by atoms with Crippen LogP contribution in [0.4, 0.5) is 10.5 Å². The van der Waals surface area contributed by atoms with Crippen molar-refractivity contribution in [1.29, 1.82) is 0 Å². The molecule has 0 saturated carbocycles. The van der Waals surface area contributed by atoms with E-state index >= 15 is 0 Å². The predicted octanol–water partition coefficient (Wildman–Crippen LogP) is 2.84. The zero-order chi connectivity index (χ0) is 18.5. The highest BCUT2D eigenvalue weighted by Crippen LogP contribution is 2.36. The summed E-state index contributed by atoms with van der Waals surface area (Å²) in [6.07, 6.45) is -0.360. The Morgan fingerprint density at radius 2 is 1.85 bits per heavy atom. The van der Waals surface area contributed by atoms with Crippen molar-refractivity contribution in [2.45, 2.75) is 13.0 Å². The molecule has 0 unspecified atom stereocenters. The maximum absolute atomic E-state index is 12.4. The molecule has 2 aromatic carbocycles. The van der Waals surface area contributed by atoms with E-state index in [0.29, 0.717) is 22.7 Å². The van der Waals surface area contributed by atoms with E-state index in [1.165, 1.54) is 4.90 Å². The van der Waals surface area contributed by atoms with Crippen molar-refractivity contribution in [2.24, 2.45) is 0 Å². The van der Waals surface area contributed by atoms with Gasteiger partial charge in [-0.3, -0.25) is 4.79 Å². The van der Waals surface area contributed by atoms with Crippen molar-refractivity contribution in [3.63, 3.8) is 0 Å². The smallest absolute Gasteiger partial charge is 0.409 e. The average molecular weight is 356 g/mol. The minimum Gasteiger partial charge on any atom is -0.454 e. The number of carbonyl (C=O) groups is 2. The number of amides is 1. The number of ketones is 1. The Labute approximate surface area is 151 Å². The molecular weight excluding hydrogens is 336 g/mol. The molecule has 136 valence electrons. The molecule has 0 bridgehead atoms. The van der Waals surface area contributed by atoms with Gasteiger partial charge in [0.1, 0.15) is 6.61 Å². The van der Waals surface area contributed by atoms with Gasteiger partial charge in [-0.1, -0.05) is 30.3 Å². The van der Waals surface area contributed by atoms with Crippen molar-refractivity contribution in [2.75, 3.05) is 26.1 Å². The summed E-state index contributed by atoms with van der Waals surface area (Å²) in [5.74, 6) is 0.849. The Hall–Kier alpha value is -3.22. The van der Waals surface area contributed by atoms with Crippen LogP contribution >= 0.6 is 0 Å². The summed E-state index contributed by atoms with van der Waals surface area (Å²) in [4.78, 5) is 25.8. The van der Waals surface area contributed by atoms with Gasteiger partial charge in [0.15, 0.2) is 17.3 Å². The molecular formula is C19H20N2O5. The summed E-state index contributed by atoms with van der Waals surface area (Å²) < 4.78 is 15.7. The summed E-state index contributed by atoms with van der Waals surface area (Å²) in [5, 5.41) is 0. The molecule has 0 aromatic heterocycles. The Morgan fingerprint density at radius 3 is 2.58 bits per heavy atom. The summed E-state index contributed by atoms with van der Waals surface area (Å²) >= 11 is 0. The quantitative estimate of drug-likeness (QED) is 0.632. The number of anilines is 1. The van der Waals surface area contributed by atoms with Crippen LogP contribution in [-0.2, 0) is 11.3 Å². The second kappa shape index (κ2) is 7.77. The average Bonchev–Trinajstić information content (AvgIpc) is 3.11. The second-order valence-electron chi connectivity index (χ2n) is 5.93. The first-order chi connectivity index (χ1) is 12.5. The molecule has 1 amide bonds. The number of nitrogens with zero attached hydrogens (tertiary/aromatic N) is 1. The maximum Gasteiger partial charge on any atom is 0.409 e. The Morgan fingerprint density at radius 1 is 1.15 bits per heavy atom. The first-order valence-electron chi connectivity index (χ1n) is 8.18. The Kier molecular flexibility index (Phi) is 5.26. The first kappa shape index (κ1) is 17.6. The summed E-state index contributed by atoms with van der Waals surface area (Å²) in [7, 11) is 1.59. The number of nitrogen functional groups attached to an aromatic ring is 1. The van der Waals surface area contributed by atoms with Gasteiger partial charge >= 0.3 is 6.09 Å². The lowest BCUT2D eigenvalue weighted by Crippen LogP contribution is -2.29. The normalized spacial score (nSPS) is 11.9. The van der Waals surface area contributed by atoms with Crippen molar-refractivity contribution in [1.82, 2.24) is 4.90 Å². The molecule has 26 heavy (non-hydrogen) atoms. The molecule has 0 atom stereocenters. The monoisotopic (exact) mass is 356 g/mol. The largest absolute Gasteiger partial charge is 0.454 e. The molecule has 0 fully saturated rings. The lowest BCUT2D eigenvalue weighted by atomic mass is 10.1. The van der Waals surface area contributed by atoms with Crippen LogP contribution in [0, 0.1) is 0 Å². The van der Waals surface area contributed by atoms with Crippen LogP contribution < -0.4 is 15.2 Å². The van der Waals surface area contributed by atoms with Gasteiger partial charge in [-0.05, 0) is 11.6 Å². The molecule has 0 saturated heterocycles. The van der Waals surface area contributed by atoms with Crippen molar-refractivity contribution in [3.8, 4) is 11.5 Å². The van der Waals surface area contributed by atoms with Crippen LogP contribution in [0.5, 0.6) is 11.5 Å². The number of hydrogen-bond acceptors (Lipinski definition) is 6. The summed E-state index contributed by atoms with van der Waals surface area (Å²) in [5.41, 5.74) is 7.50. The zero-order valence-electron chi connectivity index (χ0n) is 14.4. The van der Waals surface area contributed by atoms with Crippen LogP contribution in [-0.4, -0.2) is 37.2 Å². The molecule has 0 spiro atoms. The third-order valence-electron chi connectivity index (χ3n) is 4.04. The van der Waals surface area contributed by atoms with Gasteiger partial charge in [0, 0.05) is 37.3 Å². The summed E-state index contributed by atoms with van der Waals surface area (Å²) in [6, 6.07) is 12.5. The fourth-order valence-corrected chi connectivity index (χ4v) is 2.52. The Bertz CT molecular complexity index is 807. The SMILES string of the molecule is CN(CCC(=O)c1cc2c(cc1N)OCO2)C(=O)OCc1ccccc1. The van der Waals surface area contributed by atoms with E-state index in [4.69, 9.17) is 19.9 Å². The van der Waals surface area contributed by atoms with E-state index in [0.717, 1.165) is 5.56 Å². The minimum atomic E-state index is -0.486. The fraction of sp³-hybridized carbons (Fsp3) is 0.263. The van der Waals surface area contributed by atoms with Crippen LogP contribution in [0.25, 0.3) is 0 Å².